The molecule has 0 saturated carbocycles. The number of H-pyrrole nitrogens is 1. The van der Waals surface area contributed by atoms with Gasteiger partial charge in [0, 0.05) is 0 Å². The lowest BCUT2D eigenvalue weighted by Gasteiger charge is -2.03. The van der Waals surface area contributed by atoms with Gasteiger partial charge in [0.15, 0.2) is 0 Å². The Morgan fingerprint density at radius 3 is 2.85 bits per heavy atom. The van der Waals surface area contributed by atoms with Gasteiger partial charge in [-0.3, -0.25) is 4.57 Å². The highest BCUT2D eigenvalue weighted by Gasteiger charge is 2.08. The molecule has 0 aliphatic carbocycles. The molecule has 0 radical (unpaired) electrons. The van der Waals surface area contributed by atoms with Crippen LogP contribution in [0.1, 0.15) is 12.4 Å². The van der Waals surface area contributed by atoms with E-state index < -0.39 is 0 Å². The van der Waals surface area contributed by atoms with E-state index in [9.17, 15) is 4.79 Å². The number of nitrogens with zero attached hydrogens (tertiary/aromatic N) is 1. The molecule has 4 heteroatoms. The Kier molecular flexibility index (Phi) is 1.88. The maximum atomic E-state index is 11.4. The summed E-state index contributed by atoms with van der Waals surface area (Å²) in [5.74, 6) is 0. The van der Waals surface area contributed by atoms with E-state index >= 15 is 0 Å². The number of halogens is 1. The summed E-state index contributed by atoms with van der Waals surface area (Å²) in [6.45, 7) is 1.77. The molecule has 0 aliphatic heterocycles. The Balaban J connectivity index is 2.87. The normalized spacial score (nSPS) is 13.4. The molecule has 0 bridgehead atoms. The van der Waals surface area contributed by atoms with Crippen molar-refractivity contribution in [2.45, 2.75) is 12.4 Å². The number of fused-ring (bicyclic) bond motifs is 1. The Bertz CT molecular complexity index is 484. The number of imidazole rings is 1. The molecular formula is C9H9ClN2O. The zero-order valence-corrected chi connectivity index (χ0v) is 7.88. The highest BCUT2D eigenvalue weighted by atomic mass is 35.5. The molecule has 1 N–H and O–H groups in total. The first-order valence-electron chi connectivity index (χ1n) is 4.03. The van der Waals surface area contributed by atoms with Gasteiger partial charge in [0.1, 0.15) is 5.50 Å². The van der Waals surface area contributed by atoms with E-state index in [4.69, 9.17) is 11.6 Å². The van der Waals surface area contributed by atoms with Crippen LogP contribution < -0.4 is 5.69 Å². The Morgan fingerprint density at radius 2 is 2.15 bits per heavy atom. The molecule has 2 rings (SSSR count). The van der Waals surface area contributed by atoms with Crippen LogP contribution in [0.25, 0.3) is 11.0 Å². The van der Waals surface area contributed by atoms with Crippen LogP contribution in [0.3, 0.4) is 0 Å². The van der Waals surface area contributed by atoms with Crippen molar-refractivity contribution < 1.29 is 0 Å². The van der Waals surface area contributed by atoms with Crippen molar-refractivity contribution in [3.63, 3.8) is 0 Å². The summed E-state index contributed by atoms with van der Waals surface area (Å²) in [6, 6.07) is 7.48. The van der Waals surface area contributed by atoms with Crippen molar-refractivity contribution in [2.75, 3.05) is 0 Å². The van der Waals surface area contributed by atoms with Crippen LogP contribution >= 0.6 is 11.6 Å². The van der Waals surface area contributed by atoms with E-state index in [0.29, 0.717) is 0 Å². The smallest absolute Gasteiger partial charge is 0.305 e. The van der Waals surface area contributed by atoms with Gasteiger partial charge in [-0.25, -0.2) is 4.79 Å². The summed E-state index contributed by atoms with van der Waals surface area (Å²) in [5.41, 5.74) is 1.17. The molecule has 0 saturated heterocycles. The molecule has 0 fully saturated rings. The first-order chi connectivity index (χ1) is 6.20. The molecule has 2 aromatic rings. The van der Waals surface area contributed by atoms with Crippen molar-refractivity contribution >= 4 is 22.6 Å². The van der Waals surface area contributed by atoms with Gasteiger partial charge in [0.25, 0.3) is 0 Å². The number of aromatic amines is 1. The fourth-order valence-corrected chi connectivity index (χ4v) is 1.62. The van der Waals surface area contributed by atoms with E-state index in [-0.39, 0.29) is 11.2 Å². The summed E-state index contributed by atoms with van der Waals surface area (Å²) in [7, 11) is 0. The minimum Gasteiger partial charge on any atom is -0.305 e. The highest BCUT2D eigenvalue weighted by molar-refractivity contribution is 6.19. The zero-order chi connectivity index (χ0) is 9.42. The Hall–Kier alpha value is -1.22. The summed E-state index contributed by atoms with van der Waals surface area (Å²) in [6.07, 6.45) is 0. The molecule has 1 aromatic carbocycles. The van der Waals surface area contributed by atoms with E-state index in [0.717, 1.165) is 11.0 Å². The predicted molar refractivity (Wildman–Crippen MR) is 53.1 cm³/mol. The fraction of sp³-hybridized carbons (Fsp3) is 0.222. The predicted octanol–water partition coefficient (Wildman–Crippen LogP) is 2.09. The van der Waals surface area contributed by atoms with Crippen molar-refractivity contribution in [1.82, 2.24) is 9.55 Å². The molecule has 1 aromatic heterocycles. The highest BCUT2D eigenvalue weighted by Crippen LogP contribution is 2.16. The van der Waals surface area contributed by atoms with Gasteiger partial charge < -0.3 is 4.98 Å². The second-order valence-electron chi connectivity index (χ2n) is 2.89. The van der Waals surface area contributed by atoms with Gasteiger partial charge in [-0.2, -0.15) is 0 Å². The lowest BCUT2D eigenvalue weighted by atomic mass is 10.3. The molecule has 1 heterocycles. The minimum atomic E-state index is -0.330. The van der Waals surface area contributed by atoms with Crippen molar-refractivity contribution in [2.24, 2.45) is 0 Å². The number of para-hydroxylation sites is 2. The standard InChI is InChI=1S/C9H9ClN2O/c1-6(10)12-8-5-3-2-4-7(8)11-9(12)13/h2-6H,1H3,(H,11,13). The minimum absolute atomic E-state index is 0.163. The molecule has 0 spiro atoms. The van der Waals surface area contributed by atoms with E-state index in [1.807, 2.05) is 24.3 Å². The quantitative estimate of drug-likeness (QED) is 0.697. The van der Waals surface area contributed by atoms with Crippen molar-refractivity contribution in [1.29, 1.82) is 0 Å². The number of hydrogen-bond donors (Lipinski definition) is 1. The van der Waals surface area contributed by atoms with E-state index in [2.05, 4.69) is 4.98 Å². The molecule has 1 unspecified atom stereocenters. The number of alkyl halides is 1. The van der Waals surface area contributed by atoms with Crippen LogP contribution in [0.2, 0.25) is 0 Å². The SMILES string of the molecule is CC(Cl)n1c(=O)[nH]c2ccccc21. The maximum Gasteiger partial charge on any atom is 0.327 e. The van der Waals surface area contributed by atoms with Crippen LogP contribution in [0, 0.1) is 0 Å². The molecule has 1 atom stereocenters. The second kappa shape index (κ2) is 2.92. The second-order valence-corrected chi connectivity index (χ2v) is 3.52. The van der Waals surface area contributed by atoms with Crippen LogP contribution in [0.4, 0.5) is 0 Å². The topological polar surface area (TPSA) is 37.8 Å². The molecular weight excluding hydrogens is 188 g/mol. The summed E-state index contributed by atoms with van der Waals surface area (Å²) < 4.78 is 1.52. The molecule has 0 amide bonds. The van der Waals surface area contributed by atoms with Crippen LogP contribution in [0.5, 0.6) is 0 Å². The average Bonchev–Trinajstić information content (AvgIpc) is 2.39. The Morgan fingerprint density at radius 1 is 1.46 bits per heavy atom. The molecule has 13 heavy (non-hydrogen) atoms. The lowest BCUT2D eigenvalue weighted by molar-refractivity contribution is 0.721. The third kappa shape index (κ3) is 1.25. The van der Waals surface area contributed by atoms with Gasteiger partial charge in [-0.05, 0) is 19.1 Å². The van der Waals surface area contributed by atoms with Gasteiger partial charge in [-0.15, -0.1) is 0 Å². The van der Waals surface area contributed by atoms with Crippen molar-refractivity contribution in [3.05, 3.63) is 34.7 Å². The van der Waals surface area contributed by atoms with Gasteiger partial charge in [0.05, 0.1) is 11.0 Å². The number of hydrogen-bond acceptors (Lipinski definition) is 1. The summed E-state index contributed by atoms with van der Waals surface area (Å²) in [5, 5.41) is 0. The number of rotatable bonds is 1. The molecule has 68 valence electrons. The van der Waals surface area contributed by atoms with Crippen LogP contribution in [-0.4, -0.2) is 9.55 Å². The van der Waals surface area contributed by atoms with E-state index in [1.165, 1.54) is 4.57 Å². The lowest BCUT2D eigenvalue weighted by Crippen LogP contribution is -2.17. The third-order valence-corrected chi connectivity index (χ3v) is 2.17. The molecule has 0 aliphatic rings. The third-order valence-electron chi connectivity index (χ3n) is 1.98. The van der Waals surface area contributed by atoms with Gasteiger partial charge in [-0.1, -0.05) is 23.7 Å². The largest absolute Gasteiger partial charge is 0.327 e. The van der Waals surface area contributed by atoms with Crippen molar-refractivity contribution in [3.8, 4) is 0 Å². The number of nitrogens with one attached hydrogen (secondary N) is 1. The summed E-state index contributed by atoms with van der Waals surface area (Å²) >= 11 is 5.87. The zero-order valence-electron chi connectivity index (χ0n) is 7.12. The number of benzene rings is 1. The fourth-order valence-electron chi connectivity index (χ4n) is 1.43. The average molecular weight is 197 g/mol. The van der Waals surface area contributed by atoms with Crippen LogP contribution in [0.15, 0.2) is 29.1 Å². The maximum absolute atomic E-state index is 11.4. The monoisotopic (exact) mass is 196 g/mol. The number of aromatic nitrogens is 2. The first-order valence-corrected chi connectivity index (χ1v) is 4.47. The van der Waals surface area contributed by atoms with E-state index in [1.54, 1.807) is 6.92 Å². The van der Waals surface area contributed by atoms with Gasteiger partial charge in [0.2, 0.25) is 0 Å². The summed E-state index contributed by atoms with van der Waals surface area (Å²) in [4.78, 5) is 14.1. The van der Waals surface area contributed by atoms with Crippen LogP contribution in [-0.2, 0) is 0 Å². The molecule has 3 nitrogen and oxygen atoms in total. The first kappa shape index (κ1) is 8.38. The Labute approximate surface area is 79.9 Å². The van der Waals surface area contributed by atoms with Gasteiger partial charge >= 0.3 is 5.69 Å².